The highest BCUT2D eigenvalue weighted by molar-refractivity contribution is 6.30. The minimum Gasteiger partial charge on any atom is -0.392 e. The lowest BCUT2D eigenvalue weighted by molar-refractivity contribution is 0.282. The van der Waals surface area contributed by atoms with E-state index in [1.807, 2.05) is 24.3 Å². The van der Waals surface area contributed by atoms with Gasteiger partial charge in [-0.25, -0.2) is 4.68 Å². The molecule has 2 aromatic rings. The van der Waals surface area contributed by atoms with Crippen molar-refractivity contribution in [3.05, 3.63) is 51.8 Å². The van der Waals surface area contributed by atoms with Gasteiger partial charge in [0.15, 0.2) is 0 Å². The van der Waals surface area contributed by atoms with E-state index in [1.54, 1.807) is 10.9 Å². The van der Waals surface area contributed by atoms with Gasteiger partial charge in [-0.2, -0.15) is 5.10 Å². The molecule has 0 aliphatic heterocycles. The van der Waals surface area contributed by atoms with Gasteiger partial charge in [0.25, 0.3) is 0 Å². The lowest BCUT2D eigenvalue weighted by atomic mass is 10.2. The van der Waals surface area contributed by atoms with Crippen LogP contribution in [0.4, 0.5) is 0 Å². The largest absolute Gasteiger partial charge is 0.392 e. The average Bonchev–Trinajstić information content (AvgIpc) is 2.63. The zero-order valence-corrected chi connectivity index (χ0v) is 9.91. The van der Waals surface area contributed by atoms with Gasteiger partial charge in [0, 0.05) is 10.6 Å². The molecule has 0 amide bonds. The molecule has 0 saturated heterocycles. The first-order valence-electron chi connectivity index (χ1n) is 4.76. The molecule has 0 unspecified atom stereocenters. The molecule has 0 fully saturated rings. The molecule has 84 valence electrons. The highest BCUT2D eigenvalue weighted by Gasteiger charge is 2.07. The molecule has 0 atom stereocenters. The number of aliphatic hydroxyl groups excluding tert-OH is 1. The number of halogens is 2. The van der Waals surface area contributed by atoms with Gasteiger partial charge in [-0.15, -0.1) is 0 Å². The Kier molecular flexibility index (Phi) is 3.49. The van der Waals surface area contributed by atoms with Crippen molar-refractivity contribution >= 4 is 23.2 Å². The number of benzene rings is 1. The summed E-state index contributed by atoms with van der Waals surface area (Å²) in [4.78, 5) is 0. The molecule has 3 nitrogen and oxygen atoms in total. The van der Waals surface area contributed by atoms with Crippen LogP contribution in [0.15, 0.2) is 30.5 Å². The Labute approximate surface area is 103 Å². The Bertz CT molecular complexity index is 479. The van der Waals surface area contributed by atoms with Crippen molar-refractivity contribution in [2.24, 2.45) is 0 Å². The third kappa shape index (κ3) is 2.38. The van der Waals surface area contributed by atoms with Gasteiger partial charge >= 0.3 is 0 Å². The van der Waals surface area contributed by atoms with Crippen LogP contribution in [0.2, 0.25) is 10.2 Å². The molecule has 5 heteroatoms. The first-order chi connectivity index (χ1) is 7.70. The Morgan fingerprint density at radius 1 is 1.19 bits per heavy atom. The summed E-state index contributed by atoms with van der Waals surface area (Å²) < 4.78 is 1.64. The van der Waals surface area contributed by atoms with Gasteiger partial charge in [0.1, 0.15) is 5.15 Å². The van der Waals surface area contributed by atoms with Crippen molar-refractivity contribution in [2.75, 3.05) is 0 Å². The van der Waals surface area contributed by atoms with Crippen LogP contribution >= 0.6 is 23.2 Å². The maximum Gasteiger partial charge on any atom is 0.132 e. The van der Waals surface area contributed by atoms with Crippen molar-refractivity contribution in [1.29, 1.82) is 0 Å². The number of rotatable bonds is 3. The average molecular weight is 257 g/mol. The summed E-state index contributed by atoms with van der Waals surface area (Å²) in [5.41, 5.74) is 1.69. The summed E-state index contributed by atoms with van der Waals surface area (Å²) in [5.74, 6) is 0. The molecule has 1 heterocycles. The molecule has 2 rings (SSSR count). The molecule has 0 radical (unpaired) electrons. The molecule has 0 aliphatic carbocycles. The number of aromatic nitrogens is 2. The predicted octanol–water partition coefficient (Wildman–Crippen LogP) is 2.73. The standard InChI is InChI=1S/C11H10Cl2N2O/c12-10-3-1-8(2-4-10)6-15-11(13)9(7-16)5-14-15/h1-5,16H,6-7H2. The molecular formula is C11H10Cl2N2O. The lowest BCUT2D eigenvalue weighted by Crippen LogP contribution is -2.01. The predicted molar refractivity (Wildman–Crippen MR) is 63.7 cm³/mol. The second kappa shape index (κ2) is 4.87. The maximum atomic E-state index is 8.98. The van der Waals surface area contributed by atoms with Crippen LogP contribution in [0.1, 0.15) is 11.1 Å². The summed E-state index contributed by atoms with van der Waals surface area (Å²) in [6.07, 6.45) is 1.57. The number of nitrogens with zero attached hydrogens (tertiary/aromatic N) is 2. The normalized spacial score (nSPS) is 10.7. The highest BCUT2D eigenvalue weighted by atomic mass is 35.5. The number of aliphatic hydroxyl groups is 1. The van der Waals surface area contributed by atoms with Crippen LogP contribution < -0.4 is 0 Å². The van der Waals surface area contributed by atoms with Crippen LogP contribution in [0.25, 0.3) is 0 Å². The number of hydrogen-bond donors (Lipinski definition) is 1. The van der Waals surface area contributed by atoms with E-state index in [0.717, 1.165) is 5.56 Å². The van der Waals surface area contributed by atoms with E-state index in [9.17, 15) is 0 Å². The molecule has 0 saturated carbocycles. The molecule has 1 aromatic carbocycles. The van der Waals surface area contributed by atoms with E-state index in [0.29, 0.717) is 22.3 Å². The van der Waals surface area contributed by atoms with Crippen molar-refractivity contribution in [1.82, 2.24) is 9.78 Å². The first-order valence-corrected chi connectivity index (χ1v) is 5.52. The zero-order valence-electron chi connectivity index (χ0n) is 8.40. The minimum absolute atomic E-state index is 0.0978. The zero-order chi connectivity index (χ0) is 11.5. The molecule has 1 N–H and O–H groups in total. The van der Waals surface area contributed by atoms with E-state index in [2.05, 4.69) is 5.10 Å². The summed E-state index contributed by atoms with van der Waals surface area (Å²) in [6, 6.07) is 7.47. The highest BCUT2D eigenvalue weighted by Crippen LogP contribution is 2.17. The van der Waals surface area contributed by atoms with Gasteiger partial charge in [-0.05, 0) is 17.7 Å². The van der Waals surface area contributed by atoms with Crippen LogP contribution in [0, 0.1) is 0 Å². The SMILES string of the molecule is OCc1cnn(Cc2ccc(Cl)cc2)c1Cl. The summed E-state index contributed by atoms with van der Waals surface area (Å²) in [7, 11) is 0. The Morgan fingerprint density at radius 2 is 1.88 bits per heavy atom. The van der Waals surface area contributed by atoms with Crippen molar-refractivity contribution < 1.29 is 5.11 Å². The monoisotopic (exact) mass is 256 g/mol. The molecule has 1 aromatic heterocycles. The van der Waals surface area contributed by atoms with E-state index < -0.39 is 0 Å². The van der Waals surface area contributed by atoms with Crippen LogP contribution in [0.5, 0.6) is 0 Å². The molecule has 0 spiro atoms. The second-order valence-electron chi connectivity index (χ2n) is 3.40. The topological polar surface area (TPSA) is 38.1 Å². The van der Waals surface area contributed by atoms with Gasteiger partial charge in [0.2, 0.25) is 0 Å². The number of hydrogen-bond acceptors (Lipinski definition) is 2. The fourth-order valence-corrected chi connectivity index (χ4v) is 1.73. The molecule has 0 bridgehead atoms. The van der Waals surface area contributed by atoms with Crippen LogP contribution in [0.3, 0.4) is 0 Å². The van der Waals surface area contributed by atoms with E-state index in [-0.39, 0.29) is 6.61 Å². The third-order valence-electron chi connectivity index (χ3n) is 2.26. The maximum absolute atomic E-state index is 8.98. The summed E-state index contributed by atoms with van der Waals surface area (Å²) in [6.45, 7) is 0.468. The Morgan fingerprint density at radius 3 is 2.44 bits per heavy atom. The van der Waals surface area contributed by atoms with Gasteiger partial charge < -0.3 is 5.11 Å². The van der Waals surface area contributed by atoms with E-state index in [4.69, 9.17) is 28.3 Å². The van der Waals surface area contributed by atoms with Crippen molar-refractivity contribution in [3.63, 3.8) is 0 Å². The summed E-state index contributed by atoms with van der Waals surface area (Å²) >= 11 is 11.8. The second-order valence-corrected chi connectivity index (χ2v) is 4.20. The van der Waals surface area contributed by atoms with E-state index >= 15 is 0 Å². The lowest BCUT2D eigenvalue weighted by Gasteiger charge is -2.03. The molecule has 0 aliphatic rings. The van der Waals surface area contributed by atoms with Gasteiger partial charge in [0.05, 0.1) is 19.3 Å². The third-order valence-corrected chi connectivity index (χ3v) is 2.95. The fraction of sp³-hybridized carbons (Fsp3) is 0.182. The van der Waals surface area contributed by atoms with Gasteiger partial charge in [-0.1, -0.05) is 35.3 Å². The van der Waals surface area contributed by atoms with Crippen LogP contribution in [-0.2, 0) is 13.2 Å². The molecular weight excluding hydrogens is 247 g/mol. The first kappa shape index (κ1) is 11.5. The fourth-order valence-electron chi connectivity index (χ4n) is 1.39. The van der Waals surface area contributed by atoms with Gasteiger partial charge in [-0.3, -0.25) is 0 Å². The summed E-state index contributed by atoms with van der Waals surface area (Å²) in [5, 5.41) is 14.2. The Hall–Kier alpha value is -1.03. The van der Waals surface area contributed by atoms with E-state index in [1.165, 1.54) is 0 Å². The van der Waals surface area contributed by atoms with Crippen molar-refractivity contribution in [2.45, 2.75) is 13.2 Å². The quantitative estimate of drug-likeness (QED) is 0.918. The smallest absolute Gasteiger partial charge is 0.132 e. The Balaban J connectivity index is 2.20. The minimum atomic E-state index is -0.0978. The molecule has 16 heavy (non-hydrogen) atoms. The van der Waals surface area contributed by atoms with Crippen molar-refractivity contribution in [3.8, 4) is 0 Å². The van der Waals surface area contributed by atoms with Crippen LogP contribution in [-0.4, -0.2) is 14.9 Å².